The summed E-state index contributed by atoms with van der Waals surface area (Å²) < 4.78 is 55.9. The Morgan fingerprint density at radius 3 is 2.61 bits per heavy atom. The summed E-state index contributed by atoms with van der Waals surface area (Å²) in [5.41, 5.74) is 13.0. The number of primary sulfonamides is 1. The van der Waals surface area contributed by atoms with Crippen LogP contribution in [0.2, 0.25) is 0 Å². The van der Waals surface area contributed by atoms with Crippen molar-refractivity contribution in [1.82, 2.24) is 29.9 Å². The molecule has 0 amide bonds. The van der Waals surface area contributed by atoms with Crippen LogP contribution in [0.1, 0.15) is 19.3 Å². The predicted octanol–water partition coefficient (Wildman–Crippen LogP) is 0.875. The van der Waals surface area contributed by atoms with Crippen LogP contribution in [0.15, 0.2) is 40.1 Å². The molecule has 2 aromatic carbocycles. The highest BCUT2D eigenvalue weighted by Gasteiger charge is 2.38. The Kier molecular flexibility index (Phi) is 6.26. The number of rotatable bonds is 6. The number of aromatic amines is 1. The number of benzene rings is 2. The molecule has 0 saturated carbocycles. The molecular weight excluding hydrogens is 526 g/mol. The van der Waals surface area contributed by atoms with Crippen molar-refractivity contribution in [2.24, 2.45) is 10.9 Å². The van der Waals surface area contributed by atoms with E-state index in [1.165, 1.54) is 27.8 Å². The quantitative estimate of drug-likeness (QED) is 0.266. The molecule has 1 fully saturated rings. The molecular formula is C20H23N9O4S3. The van der Waals surface area contributed by atoms with E-state index in [1.54, 1.807) is 12.1 Å². The molecule has 1 aliphatic heterocycles. The number of tetrazole rings is 1. The molecule has 0 aliphatic carbocycles. The lowest BCUT2D eigenvalue weighted by atomic mass is 9.98. The number of hydrogen-bond donors (Lipinski definition) is 4. The van der Waals surface area contributed by atoms with Crippen LogP contribution >= 0.6 is 11.3 Å². The topological polar surface area (TPSA) is 217 Å². The third-order valence-electron chi connectivity index (χ3n) is 6.15. The first-order valence-corrected chi connectivity index (χ1v) is 14.7. The van der Waals surface area contributed by atoms with Gasteiger partial charge in [-0.05, 0) is 41.0 Å². The van der Waals surface area contributed by atoms with Gasteiger partial charge in [0.25, 0.3) is 0 Å². The van der Waals surface area contributed by atoms with Crippen molar-refractivity contribution in [2.45, 2.75) is 35.1 Å². The zero-order valence-corrected chi connectivity index (χ0v) is 21.3. The summed E-state index contributed by atoms with van der Waals surface area (Å²) in [6.07, 6.45) is 2.03. The zero-order chi connectivity index (χ0) is 25.7. The van der Waals surface area contributed by atoms with Crippen molar-refractivity contribution in [3.63, 3.8) is 0 Å². The summed E-state index contributed by atoms with van der Waals surface area (Å²) in [5, 5.41) is 19.6. The van der Waals surface area contributed by atoms with E-state index in [-0.39, 0.29) is 24.5 Å². The third-order valence-corrected chi connectivity index (χ3v) is 10.1. The first kappa shape index (κ1) is 24.7. The Balaban J connectivity index is 1.86. The van der Waals surface area contributed by atoms with Crippen LogP contribution in [-0.4, -0.2) is 65.9 Å². The highest BCUT2D eigenvalue weighted by Crippen LogP contribution is 2.42. The fourth-order valence-electron chi connectivity index (χ4n) is 4.61. The highest BCUT2D eigenvalue weighted by molar-refractivity contribution is 7.92. The molecule has 1 saturated heterocycles. The summed E-state index contributed by atoms with van der Waals surface area (Å²) in [4.78, 5) is 3.30. The van der Waals surface area contributed by atoms with Crippen LogP contribution in [-0.2, 0) is 20.0 Å². The summed E-state index contributed by atoms with van der Waals surface area (Å²) in [5.74, 6) is -0.0692. The number of nitrogens with zero attached hydrogens (tertiary/aromatic N) is 5. The van der Waals surface area contributed by atoms with Crippen molar-refractivity contribution < 1.29 is 16.8 Å². The van der Waals surface area contributed by atoms with E-state index < -0.39 is 35.9 Å². The molecule has 13 nitrogen and oxygen atoms in total. The van der Waals surface area contributed by atoms with Gasteiger partial charge in [-0.2, -0.15) is 4.31 Å². The second-order valence-electron chi connectivity index (χ2n) is 8.32. The van der Waals surface area contributed by atoms with Gasteiger partial charge in [0.05, 0.1) is 15.8 Å². The van der Waals surface area contributed by atoms with Crippen molar-refractivity contribution >= 4 is 46.7 Å². The number of nitrogens with one attached hydrogen (secondary N) is 1. The average molecular weight is 550 g/mol. The van der Waals surface area contributed by atoms with Gasteiger partial charge >= 0.3 is 0 Å². The van der Waals surface area contributed by atoms with E-state index in [9.17, 15) is 16.8 Å². The normalized spacial score (nSPS) is 17.6. The summed E-state index contributed by atoms with van der Waals surface area (Å²) in [6, 6.07) is 7.60. The number of anilines is 1. The van der Waals surface area contributed by atoms with E-state index in [1.807, 2.05) is 6.07 Å². The van der Waals surface area contributed by atoms with Crippen molar-refractivity contribution in [1.29, 1.82) is 0 Å². The van der Waals surface area contributed by atoms with Gasteiger partial charge < -0.3 is 11.5 Å². The number of fused-ring (bicyclic) bond motifs is 1. The molecule has 0 spiro atoms. The van der Waals surface area contributed by atoms with E-state index >= 15 is 0 Å². The lowest BCUT2D eigenvalue weighted by molar-refractivity contribution is 0.257. The number of nitrogen functional groups attached to an aromatic ring is 1. The van der Waals surface area contributed by atoms with Crippen LogP contribution in [0, 0.1) is 0 Å². The number of piperidine rings is 1. The first-order chi connectivity index (χ1) is 17.1. The standard InChI is InChI=1S/C20H23N9O4S3/c21-10-11-4-1-2-9-29(11)36(32,33)15-8-7-12(13-5-3-6-14-17(13)24-20(22)34-14)16(18(15)35(23,30)31)19-25-27-28-26-19/h3,5-8,11H,1-2,4,9-10,21H2,(H2,22,24)(H2,23,30,31)(H,25,26,27,28). The molecule has 1 atom stereocenters. The molecule has 5 rings (SSSR count). The number of sulfonamides is 2. The minimum absolute atomic E-state index is 0.0692. The number of nitrogens with two attached hydrogens (primary N) is 3. The van der Waals surface area contributed by atoms with Gasteiger partial charge in [0, 0.05) is 24.7 Å². The van der Waals surface area contributed by atoms with Crippen LogP contribution in [0.3, 0.4) is 0 Å². The largest absolute Gasteiger partial charge is 0.375 e. The number of hydrogen-bond acceptors (Lipinski definition) is 11. The summed E-state index contributed by atoms with van der Waals surface area (Å²) in [6.45, 7) is 0.320. The highest BCUT2D eigenvalue weighted by atomic mass is 32.2. The lowest BCUT2D eigenvalue weighted by Crippen LogP contribution is -2.47. The fourth-order valence-corrected chi connectivity index (χ4v) is 8.66. The SMILES string of the molecule is NCC1CCCCN1S(=O)(=O)c1ccc(-c2cccc3sc(N)nc23)c(-c2nnn[nH]2)c1S(N)(=O)=O. The lowest BCUT2D eigenvalue weighted by Gasteiger charge is -2.34. The fraction of sp³-hybridized carbons (Fsp3) is 0.300. The molecule has 190 valence electrons. The minimum atomic E-state index is -4.61. The Hall–Kier alpha value is -3.02. The van der Waals surface area contributed by atoms with E-state index in [2.05, 4.69) is 25.6 Å². The Morgan fingerprint density at radius 1 is 1.11 bits per heavy atom. The maximum absolute atomic E-state index is 13.9. The number of aromatic nitrogens is 5. The minimum Gasteiger partial charge on any atom is -0.375 e. The third kappa shape index (κ3) is 4.14. The van der Waals surface area contributed by atoms with Crippen LogP contribution in [0.25, 0.3) is 32.7 Å². The molecule has 16 heteroatoms. The second kappa shape index (κ2) is 9.13. The molecule has 1 aliphatic rings. The van der Waals surface area contributed by atoms with Gasteiger partial charge in [-0.25, -0.2) is 32.1 Å². The van der Waals surface area contributed by atoms with E-state index in [4.69, 9.17) is 16.6 Å². The van der Waals surface area contributed by atoms with Gasteiger partial charge in [0.2, 0.25) is 20.0 Å². The van der Waals surface area contributed by atoms with Gasteiger partial charge in [-0.1, -0.05) is 36.0 Å². The van der Waals surface area contributed by atoms with Crippen molar-refractivity contribution in [3.05, 3.63) is 30.3 Å². The Morgan fingerprint density at radius 2 is 1.92 bits per heavy atom. The molecule has 4 aromatic rings. The molecule has 7 N–H and O–H groups in total. The number of thiazole rings is 1. The molecule has 36 heavy (non-hydrogen) atoms. The van der Waals surface area contributed by atoms with Crippen molar-refractivity contribution in [2.75, 3.05) is 18.8 Å². The Bertz CT molecular complexity index is 1650. The molecule has 3 heterocycles. The number of H-pyrrole nitrogens is 1. The molecule has 0 radical (unpaired) electrons. The monoisotopic (exact) mass is 549 g/mol. The molecule has 0 bridgehead atoms. The average Bonchev–Trinajstić information content (AvgIpc) is 3.51. The molecule has 1 unspecified atom stereocenters. The zero-order valence-electron chi connectivity index (χ0n) is 18.8. The van der Waals surface area contributed by atoms with Gasteiger partial charge in [0.1, 0.15) is 9.79 Å². The predicted molar refractivity (Wildman–Crippen MR) is 135 cm³/mol. The summed E-state index contributed by atoms with van der Waals surface area (Å²) in [7, 11) is -8.92. The maximum atomic E-state index is 13.9. The van der Waals surface area contributed by atoms with Crippen molar-refractivity contribution in [3.8, 4) is 22.5 Å². The van der Waals surface area contributed by atoms with Gasteiger partial charge in [-0.15, -0.1) is 5.10 Å². The first-order valence-electron chi connectivity index (χ1n) is 10.9. The second-order valence-corrected chi connectivity index (χ2v) is 12.7. The van der Waals surface area contributed by atoms with E-state index in [0.717, 1.165) is 11.1 Å². The molecule has 2 aromatic heterocycles. The van der Waals surface area contributed by atoms with Crippen LogP contribution in [0.4, 0.5) is 5.13 Å². The number of para-hydroxylation sites is 1. The van der Waals surface area contributed by atoms with Crippen LogP contribution < -0.4 is 16.6 Å². The smallest absolute Gasteiger partial charge is 0.244 e. The van der Waals surface area contributed by atoms with Gasteiger partial charge in [-0.3, -0.25) is 0 Å². The van der Waals surface area contributed by atoms with Crippen LogP contribution in [0.5, 0.6) is 0 Å². The maximum Gasteiger partial charge on any atom is 0.244 e. The Labute approximate surface area is 210 Å². The summed E-state index contributed by atoms with van der Waals surface area (Å²) >= 11 is 1.26. The van der Waals surface area contributed by atoms with E-state index in [0.29, 0.717) is 34.6 Å². The van der Waals surface area contributed by atoms with Gasteiger partial charge in [0.15, 0.2) is 11.0 Å².